The molecule has 1 aromatic carbocycles. The van der Waals surface area contributed by atoms with Gasteiger partial charge in [0.25, 0.3) is 0 Å². The number of aromatic nitrogens is 1. The Labute approximate surface area is 118 Å². The van der Waals surface area contributed by atoms with Gasteiger partial charge in [-0.05, 0) is 36.2 Å². The summed E-state index contributed by atoms with van der Waals surface area (Å²) in [5.41, 5.74) is 2.41. The fraction of sp³-hybridized carbons (Fsp3) is 0.286. The number of aryl methyl sites for hydroxylation is 1. The first-order valence-electron chi connectivity index (χ1n) is 5.85. The maximum Gasteiger partial charge on any atom is 0.0595 e. The third-order valence-corrected chi connectivity index (χ3v) is 3.69. The lowest BCUT2D eigenvalue weighted by molar-refractivity contribution is 0.574. The number of halogens is 2. The van der Waals surface area contributed by atoms with Crippen LogP contribution in [0.2, 0.25) is 10.0 Å². The molecule has 0 saturated heterocycles. The maximum atomic E-state index is 6.02. The second-order valence-corrected chi connectivity index (χ2v) is 5.28. The Kier molecular flexibility index (Phi) is 4.33. The Bertz CT molecular complexity index is 534. The Morgan fingerprint density at radius 1 is 1.22 bits per heavy atom. The third kappa shape index (κ3) is 3.29. The van der Waals surface area contributed by atoms with Crippen molar-refractivity contribution in [1.82, 2.24) is 9.88 Å². The highest BCUT2D eigenvalue weighted by molar-refractivity contribution is 6.42. The topological polar surface area (TPSA) is 17.0 Å². The molecule has 2 rings (SSSR count). The monoisotopic (exact) mass is 282 g/mol. The summed E-state index contributed by atoms with van der Waals surface area (Å²) in [5.74, 6) is 0. The van der Waals surface area contributed by atoms with Gasteiger partial charge in [-0.1, -0.05) is 29.3 Å². The first-order chi connectivity index (χ1) is 8.56. The van der Waals surface area contributed by atoms with Crippen LogP contribution in [0, 0.1) is 0 Å². The summed E-state index contributed by atoms with van der Waals surface area (Å²) >= 11 is 11.9. The molecule has 0 aliphatic carbocycles. The molecule has 0 bridgehead atoms. The van der Waals surface area contributed by atoms with Crippen molar-refractivity contribution in [2.24, 2.45) is 7.05 Å². The van der Waals surface area contributed by atoms with E-state index < -0.39 is 0 Å². The molecule has 96 valence electrons. The van der Waals surface area contributed by atoms with Crippen LogP contribution in [0.4, 0.5) is 0 Å². The normalized spacial score (nSPS) is 12.7. The fourth-order valence-electron chi connectivity index (χ4n) is 1.84. The second-order valence-electron chi connectivity index (χ2n) is 4.46. The van der Waals surface area contributed by atoms with Crippen LogP contribution < -0.4 is 5.32 Å². The molecule has 1 unspecified atom stereocenters. The van der Waals surface area contributed by atoms with Gasteiger partial charge in [0.05, 0.1) is 10.0 Å². The first-order valence-corrected chi connectivity index (χ1v) is 6.61. The molecule has 1 aromatic heterocycles. The van der Waals surface area contributed by atoms with Gasteiger partial charge in [-0.3, -0.25) is 0 Å². The molecule has 18 heavy (non-hydrogen) atoms. The number of hydrogen-bond acceptors (Lipinski definition) is 1. The SMILES string of the molecule is CC(NCc1ccn(C)c1)c1ccc(Cl)c(Cl)c1. The van der Waals surface area contributed by atoms with E-state index in [4.69, 9.17) is 23.2 Å². The molecule has 0 radical (unpaired) electrons. The van der Waals surface area contributed by atoms with Crippen LogP contribution in [0.15, 0.2) is 36.7 Å². The van der Waals surface area contributed by atoms with Crippen LogP contribution in [-0.2, 0) is 13.6 Å². The third-order valence-electron chi connectivity index (χ3n) is 2.95. The van der Waals surface area contributed by atoms with Crippen molar-refractivity contribution >= 4 is 23.2 Å². The molecule has 0 fully saturated rings. The molecular formula is C14H16Cl2N2. The lowest BCUT2D eigenvalue weighted by Crippen LogP contribution is -2.17. The van der Waals surface area contributed by atoms with E-state index in [1.807, 2.05) is 36.0 Å². The molecule has 0 amide bonds. The molecule has 1 atom stereocenters. The number of hydrogen-bond donors (Lipinski definition) is 1. The van der Waals surface area contributed by atoms with E-state index in [0.717, 1.165) is 12.1 Å². The number of nitrogens with one attached hydrogen (secondary N) is 1. The van der Waals surface area contributed by atoms with E-state index >= 15 is 0 Å². The van der Waals surface area contributed by atoms with Crippen LogP contribution >= 0.6 is 23.2 Å². The number of nitrogens with zero attached hydrogens (tertiary/aromatic N) is 1. The van der Waals surface area contributed by atoms with Gasteiger partial charge in [-0.25, -0.2) is 0 Å². The zero-order valence-corrected chi connectivity index (χ0v) is 12.0. The van der Waals surface area contributed by atoms with Gasteiger partial charge in [0, 0.05) is 32.0 Å². The van der Waals surface area contributed by atoms with Crippen LogP contribution in [0.25, 0.3) is 0 Å². The van der Waals surface area contributed by atoms with Crippen LogP contribution in [0.5, 0.6) is 0 Å². The van der Waals surface area contributed by atoms with Gasteiger partial charge in [0.2, 0.25) is 0 Å². The average Bonchev–Trinajstić information content (AvgIpc) is 2.75. The molecule has 4 heteroatoms. The first kappa shape index (κ1) is 13.5. The number of benzene rings is 1. The van der Waals surface area contributed by atoms with Crippen LogP contribution in [0.1, 0.15) is 24.1 Å². The highest BCUT2D eigenvalue weighted by atomic mass is 35.5. The summed E-state index contributed by atoms with van der Waals surface area (Å²) in [6.07, 6.45) is 4.15. The highest BCUT2D eigenvalue weighted by Crippen LogP contribution is 2.25. The summed E-state index contributed by atoms with van der Waals surface area (Å²) in [7, 11) is 2.02. The molecule has 1 N–H and O–H groups in total. The minimum atomic E-state index is 0.236. The van der Waals surface area contributed by atoms with Gasteiger partial charge in [-0.15, -0.1) is 0 Å². The van der Waals surface area contributed by atoms with E-state index in [1.54, 1.807) is 0 Å². The minimum Gasteiger partial charge on any atom is -0.357 e. The van der Waals surface area contributed by atoms with Crippen LogP contribution in [-0.4, -0.2) is 4.57 Å². The lowest BCUT2D eigenvalue weighted by Gasteiger charge is -2.14. The molecule has 2 nitrogen and oxygen atoms in total. The average molecular weight is 283 g/mol. The van der Waals surface area contributed by atoms with Crippen molar-refractivity contribution < 1.29 is 0 Å². The minimum absolute atomic E-state index is 0.236. The fourth-order valence-corrected chi connectivity index (χ4v) is 2.14. The number of rotatable bonds is 4. The van der Waals surface area contributed by atoms with Crippen molar-refractivity contribution in [3.63, 3.8) is 0 Å². The summed E-state index contributed by atoms with van der Waals surface area (Å²) in [6, 6.07) is 8.08. The Balaban J connectivity index is 1.99. The quantitative estimate of drug-likeness (QED) is 0.890. The molecule has 1 heterocycles. The molecule has 0 aliphatic heterocycles. The summed E-state index contributed by atoms with van der Waals surface area (Å²) in [5, 5.41) is 4.65. The van der Waals surface area contributed by atoms with Gasteiger partial charge >= 0.3 is 0 Å². The summed E-state index contributed by atoms with van der Waals surface area (Å²) in [4.78, 5) is 0. The summed E-state index contributed by atoms with van der Waals surface area (Å²) in [6.45, 7) is 2.95. The van der Waals surface area contributed by atoms with E-state index in [2.05, 4.69) is 24.5 Å². The van der Waals surface area contributed by atoms with Gasteiger partial charge in [-0.2, -0.15) is 0 Å². The van der Waals surface area contributed by atoms with Crippen molar-refractivity contribution in [1.29, 1.82) is 0 Å². The zero-order chi connectivity index (χ0) is 13.1. The summed E-state index contributed by atoms with van der Waals surface area (Å²) < 4.78 is 2.04. The highest BCUT2D eigenvalue weighted by Gasteiger charge is 2.07. The van der Waals surface area contributed by atoms with Crippen molar-refractivity contribution in [3.05, 3.63) is 57.8 Å². The van der Waals surface area contributed by atoms with E-state index in [9.17, 15) is 0 Å². The predicted molar refractivity (Wildman–Crippen MR) is 77.1 cm³/mol. The Hall–Kier alpha value is -0.960. The maximum absolute atomic E-state index is 6.02. The van der Waals surface area contributed by atoms with Gasteiger partial charge < -0.3 is 9.88 Å². The second kappa shape index (κ2) is 5.79. The molecule has 0 aliphatic rings. The van der Waals surface area contributed by atoms with E-state index in [1.165, 1.54) is 5.56 Å². The van der Waals surface area contributed by atoms with Gasteiger partial charge in [0.15, 0.2) is 0 Å². The van der Waals surface area contributed by atoms with E-state index in [-0.39, 0.29) is 6.04 Å². The van der Waals surface area contributed by atoms with Crippen molar-refractivity contribution in [2.45, 2.75) is 19.5 Å². The lowest BCUT2D eigenvalue weighted by atomic mass is 10.1. The van der Waals surface area contributed by atoms with E-state index in [0.29, 0.717) is 10.0 Å². The molecule has 2 aromatic rings. The Morgan fingerprint density at radius 3 is 2.61 bits per heavy atom. The molecule has 0 spiro atoms. The smallest absolute Gasteiger partial charge is 0.0595 e. The van der Waals surface area contributed by atoms with Crippen LogP contribution in [0.3, 0.4) is 0 Å². The molecule has 0 saturated carbocycles. The molecular weight excluding hydrogens is 267 g/mol. The van der Waals surface area contributed by atoms with Crippen molar-refractivity contribution in [3.8, 4) is 0 Å². The zero-order valence-electron chi connectivity index (χ0n) is 10.5. The van der Waals surface area contributed by atoms with Crippen molar-refractivity contribution in [2.75, 3.05) is 0 Å². The predicted octanol–water partition coefficient (Wildman–Crippen LogP) is 4.18. The largest absolute Gasteiger partial charge is 0.357 e. The standard InChI is InChI=1S/C14H16Cl2N2/c1-10(12-3-4-13(15)14(16)7-12)17-8-11-5-6-18(2)9-11/h3-7,9-10,17H,8H2,1-2H3. The van der Waals surface area contributed by atoms with Gasteiger partial charge in [0.1, 0.15) is 0 Å². The Morgan fingerprint density at radius 2 is 2.00 bits per heavy atom.